The fraction of sp³-hybridized carbons (Fsp3) is 0.286. The Labute approximate surface area is 235 Å². The van der Waals surface area contributed by atoms with Gasteiger partial charge in [-0.1, -0.05) is 57.3 Å². The Bertz CT molecular complexity index is 1300. The van der Waals surface area contributed by atoms with Gasteiger partial charge in [0, 0.05) is 30.7 Å². The first-order valence-electron chi connectivity index (χ1n) is 12.0. The Morgan fingerprint density at radius 2 is 1.78 bits per heavy atom. The highest BCUT2D eigenvalue weighted by Gasteiger charge is 2.37. The molecule has 4 rings (SSSR count). The molecule has 0 bridgehead atoms. The first kappa shape index (κ1) is 27.3. The van der Waals surface area contributed by atoms with E-state index in [1.165, 1.54) is 0 Å². The van der Waals surface area contributed by atoms with Crippen LogP contribution in [0.25, 0.3) is 0 Å². The van der Waals surface area contributed by atoms with Crippen molar-refractivity contribution >= 4 is 50.9 Å². The molecule has 37 heavy (non-hydrogen) atoms. The highest BCUT2D eigenvalue weighted by molar-refractivity contribution is 9.10. The summed E-state index contributed by atoms with van der Waals surface area (Å²) in [6.07, 6.45) is 1.40. The standard InChI is InChI=1S/C28H27BrCl2N2O4/c1-3-36-26-9-5-4-7-21(26)27(34)33-14-6-8-25(33)28(35)32(2)17-18-10-11-19(15-22(18)29)37-20-12-13-23(30)24(31)16-20/h4-5,7,9-13,15-16,25H,3,6,8,14,17H2,1-2H3. The van der Waals surface area contributed by atoms with Crippen LogP contribution >= 0.6 is 39.1 Å². The van der Waals surface area contributed by atoms with Crippen LogP contribution in [0.2, 0.25) is 10.0 Å². The number of rotatable bonds is 8. The van der Waals surface area contributed by atoms with Crippen LogP contribution in [-0.2, 0) is 11.3 Å². The molecule has 3 aromatic rings. The van der Waals surface area contributed by atoms with E-state index in [4.69, 9.17) is 32.7 Å². The van der Waals surface area contributed by atoms with Crippen LogP contribution in [0.15, 0.2) is 65.1 Å². The third-order valence-electron chi connectivity index (χ3n) is 6.15. The molecule has 0 aromatic heterocycles. The van der Waals surface area contributed by atoms with E-state index < -0.39 is 6.04 Å². The smallest absolute Gasteiger partial charge is 0.258 e. The number of benzene rings is 3. The van der Waals surface area contributed by atoms with Gasteiger partial charge in [-0.2, -0.15) is 0 Å². The molecule has 0 saturated carbocycles. The van der Waals surface area contributed by atoms with Gasteiger partial charge in [0.25, 0.3) is 5.91 Å². The van der Waals surface area contributed by atoms with Crippen molar-refractivity contribution in [2.24, 2.45) is 0 Å². The topological polar surface area (TPSA) is 59.1 Å². The normalized spacial score (nSPS) is 14.9. The zero-order valence-electron chi connectivity index (χ0n) is 20.5. The Hall–Kier alpha value is -2.74. The molecule has 9 heteroatoms. The van der Waals surface area contributed by atoms with Gasteiger partial charge >= 0.3 is 0 Å². The van der Waals surface area contributed by atoms with E-state index >= 15 is 0 Å². The zero-order chi connectivity index (χ0) is 26.5. The first-order chi connectivity index (χ1) is 17.8. The summed E-state index contributed by atoms with van der Waals surface area (Å²) >= 11 is 15.6. The minimum atomic E-state index is -0.511. The lowest BCUT2D eigenvalue weighted by molar-refractivity contribution is -0.134. The predicted octanol–water partition coefficient (Wildman–Crippen LogP) is 7.21. The third-order valence-corrected chi connectivity index (χ3v) is 7.63. The highest BCUT2D eigenvalue weighted by atomic mass is 79.9. The zero-order valence-corrected chi connectivity index (χ0v) is 23.6. The fourth-order valence-corrected chi connectivity index (χ4v) is 5.10. The summed E-state index contributed by atoms with van der Waals surface area (Å²) in [6, 6.07) is 17.3. The molecule has 1 unspecified atom stereocenters. The predicted molar refractivity (Wildman–Crippen MR) is 149 cm³/mol. The van der Waals surface area contributed by atoms with Gasteiger partial charge in [0.2, 0.25) is 5.91 Å². The number of carbonyl (C=O) groups excluding carboxylic acids is 2. The van der Waals surface area contributed by atoms with Crippen molar-refractivity contribution in [3.63, 3.8) is 0 Å². The average Bonchev–Trinajstić information content (AvgIpc) is 3.37. The third kappa shape index (κ3) is 6.40. The second kappa shape index (κ2) is 12.2. The lowest BCUT2D eigenvalue weighted by atomic mass is 10.1. The molecule has 0 aliphatic carbocycles. The minimum Gasteiger partial charge on any atom is -0.493 e. The van der Waals surface area contributed by atoms with Gasteiger partial charge in [-0.05, 0) is 61.7 Å². The molecule has 194 valence electrons. The number of ether oxygens (including phenoxy) is 2. The Kier molecular flexibility index (Phi) is 9.00. The van der Waals surface area contributed by atoms with Crippen LogP contribution in [0.4, 0.5) is 0 Å². The molecule has 1 saturated heterocycles. The fourth-order valence-electron chi connectivity index (χ4n) is 4.33. The van der Waals surface area contributed by atoms with Crippen LogP contribution in [0.1, 0.15) is 35.7 Å². The number of hydrogen-bond donors (Lipinski definition) is 0. The Morgan fingerprint density at radius 1 is 1.05 bits per heavy atom. The van der Waals surface area contributed by atoms with E-state index in [1.807, 2.05) is 31.2 Å². The van der Waals surface area contributed by atoms with E-state index in [0.29, 0.717) is 59.0 Å². The van der Waals surface area contributed by atoms with Gasteiger partial charge in [-0.15, -0.1) is 0 Å². The monoisotopic (exact) mass is 604 g/mol. The second-order valence-electron chi connectivity index (χ2n) is 8.71. The molecule has 3 aromatic carbocycles. The maximum Gasteiger partial charge on any atom is 0.258 e. The number of hydrogen-bond acceptors (Lipinski definition) is 4. The summed E-state index contributed by atoms with van der Waals surface area (Å²) in [6.45, 7) is 3.25. The molecule has 1 atom stereocenters. The molecule has 1 aliphatic heterocycles. The summed E-state index contributed by atoms with van der Waals surface area (Å²) in [5.74, 6) is 1.44. The molecule has 2 amide bonds. The minimum absolute atomic E-state index is 0.0947. The molecule has 0 spiro atoms. The second-order valence-corrected chi connectivity index (χ2v) is 10.4. The SMILES string of the molecule is CCOc1ccccc1C(=O)N1CCCC1C(=O)N(C)Cc1ccc(Oc2ccc(Cl)c(Cl)c2)cc1Br. The summed E-state index contributed by atoms with van der Waals surface area (Å²) in [7, 11) is 1.75. The number of halogens is 3. The summed E-state index contributed by atoms with van der Waals surface area (Å²) in [4.78, 5) is 30.1. The van der Waals surface area contributed by atoms with Crippen molar-refractivity contribution in [2.75, 3.05) is 20.2 Å². The highest BCUT2D eigenvalue weighted by Crippen LogP contribution is 2.32. The van der Waals surface area contributed by atoms with Crippen LogP contribution in [-0.4, -0.2) is 47.9 Å². The number of nitrogens with zero attached hydrogens (tertiary/aromatic N) is 2. The molecule has 1 fully saturated rings. The first-order valence-corrected chi connectivity index (χ1v) is 13.5. The van der Waals surface area contributed by atoms with Gasteiger partial charge in [-0.3, -0.25) is 9.59 Å². The average molecular weight is 606 g/mol. The van der Waals surface area contributed by atoms with Gasteiger partial charge < -0.3 is 19.3 Å². The van der Waals surface area contributed by atoms with Crippen molar-refractivity contribution in [1.82, 2.24) is 9.80 Å². The number of likely N-dealkylation sites (tertiary alicyclic amines) is 1. The Morgan fingerprint density at radius 3 is 2.51 bits per heavy atom. The Balaban J connectivity index is 1.44. The molecule has 6 nitrogen and oxygen atoms in total. The van der Waals surface area contributed by atoms with E-state index in [-0.39, 0.29) is 11.8 Å². The van der Waals surface area contributed by atoms with Crippen molar-refractivity contribution in [1.29, 1.82) is 0 Å². The quantitative estimate of drug-likeness (QED) is 0.272. The summed E-state index contributed by atoms with van der Waals surface area (Å²) in [5, 5.41) is 0.870. The molecule has 0 N–H and O–H groups in total. The molecular formula is C28H27BrCl2N2O4. The summed E-state index contributed by atoms with van der Waals surface area (Å²) in [5.41, 5.74) is 1.39. The number of amides is 2. The molecule has 1 heterocycles. The largest absolute Gasteiger partial charge is 0.493 e. The van der Waals surface area contributed by atoms with Crippen LogP contribution < -0.4 is 9.47 Å². The van der Waals surface area contributed by atoms with Gasteiger partial charge in [-0.25, -0.2) is 0 Å². The van der Waals surface area contributed by atoms with Crippen LogP contribution in [0, 0.1) is 0 Å². The maximum absolute atomic E-state index is 13.4. The van der Waals surface area contributed by atoms with Crippen molar-refractivity contribution < 1.29 is 19.1 Å². The maximum atomic E-state index is 13.4. The molecule has 0 radical (unpaired) electrons. The summed E-state index contributed by atoms with van der Waals surface area (Å²) < 4.78 is 12.3. The lowest BCUT2D eigenvalue weighted by Crippen LogP contribution is -2.46. The lowest BCUT2D eigenvalue weighted by Gasteiger charge is -2.29. The molecular weight excluding hydrogens is 579 g/mol. The number of para-hydroxylation sites is 1. The van der Waals surface area contributed by atoms with E-state index in [2.05, 4.69) is 15.9 Å². The van der Waals surface area contributed by atoms with Crippen LogP contribution in [0.3, 0.4) is 0 Å². The van der Waals surface area contributed by atoms with E-state index in [0.717, 1.165) is 16.5 Å². The number of likely N-dealkylation sites (N-methyl/N-ethyl adjacent to an activating group) is 1. The van der Waals surface area contributed by atoms with E-state index in [1.54, 1.807) is 53.2 Å². The van der Waals surface area contributed by atoms with Gasteiger partial charge in [0.1, 0.15) is 23.3 Å². The number of carbonyl (C=O) groups is 2. The van der Waals surface area contributed by atoms with Gasteiger partial charge in [0.15, 0.2) is 0 Å². The van der Waals surface area contributed by atoms with E-state index in [9.17, 15) is 9.59 Å². The van der Waals surface area contributed by atoms with Gasteiger partial charge in [0.05, 0.1) is 22.2 Å². The van der Waals surface area contributed by atoms with Crippen molar-refractivity contribution in [2.45, 2.75) is 32.4 Å². The molecule has 1 aliphatic rings. The van der Waals surface area contributed by atoms with Crippen molar-refractivity contribution in [3.8, 4) is 17.2 Å². The van der Waals surface area contributed by atoms with Crippen molar-refractivity contribution in [3.05, 3.63) is 86.3 Å². The van der Waals surface area contributed by atoms with Crippen LogP contribution in [0.5, 0.6) is 17.2 Å².